The van der Waals surface area contributed by atoms with E-state index in [1.54, 1.807) is 24.6 Å². The molecule has 0 fully saturated rings. The minimum absolute atomic E-state index is 0.117. The van der Waals surface area contributed by atoms with Crippen LogP contribution in [0.5, 0.6) is 5.75 Å². The van der Waals surface area contributed by atoms with E-state index in [-0.39, 0.29) is 6.03 Å². The van der Waals surface area contributed by atoms with Crippen molar-refractivity contribution in [2.45, 2.75) is 13.1 Å². The molecule has 2 rings (SSSR count). The third kappa shape index (κ3) is 3.96. The molecule has 6 heteroatoms. The third-order valence-electron chi connectivity index (χ3n) is 2.83. The maximum Gasteiger partial charge on any atom is 0.317 e. The molecule has 106 valence electrons. The summed E-state index contributed by atoms with van der Waals surface area (Å²) in [5.41, 5.74) is 3.68. The van der Waals surface area contributed by atoms with Crippen molar-refractivity contribution < 1.29 is 9.53 Å². The van der Waals surface area contributed by atoms with Crippen LogP contribution in [0.4, 0.5) is 4.79 Å². The summed E-state index contributed by atoms with van der Waals surface area (Å²) >= 11 is 1.52. The molecule has 0 aliphatic rings. The number of methoxy groups -OCH3 is 1. The summed E-state index contributed by atoms with van der Waals surface area (Å²) in [7, 11) is 3.40. The predicted molar refractivity (Wildman–Crippen MR) is 78.8 cm³/mol. The molecule has 1 N–H and O–H groups in total. The van der Waals surface area contributed by atoms with E-state index in [2.05, 4.69) is 10.3 Å². The van der Waals surface area contributed by atoms with E-state index in [4.69, 9.17) is 4.74 Å². The van der Waals surface area contributed by atoms with Crippen LogP contribution in [-0.2, 0) is 13.1 Å². The first-order chi connectivity index (χ1) is 9.69. The zero-order valence-corrected chi connectivity index (χ0v) is 12.3. The summed E-state index contributed by atoms with van der Waals surface area (Å²) < 4.78 is 5.10. The van der Waals surface area contributed by atoms with Crippen LogP contribution in [0, 0.1) is 0 Å². The second-order valence-electron chi connectivity index (χ2n) is 4.34. The molecule has 0 atom stereocenters. The number of hydrogen-bond donors (Lipinski definition) is 1. The van der Waals surface area contributed by atoms with Gasteiger partial charge in [-0.25, -0.2) is 9.78 Å². The standard InChI is InChI=1S/C14H17N3O2S/c1-17(8-11-3-5-13(19-2)6-4-11)14(18)15-7-12-9-20-10-16-12/h3-6,9-10H,7-8H2,1-2H3,(H,15,18). The van der Waals surface area contributed by atoms with E-state index in [1.807, 2.05) is 29.6 Å². The molecule has 2 amide bonds. The Balaban J connectivity index is 1.83. The summed E-state index contributed by atoms with van der Waals surface area (Å²) in [5.74, 6) is 0.810. The minimum atomic E-state index is -0.117. The average molecular weight is 291 g/mol. The van der Waals surface area contributed by atoms with Gasteiger partial charge >= 0.3 is 6.03 Å². The van der Waals surface area contributed by atoms with Crippen LogP contribution in [0.1, 0.15) is 11.3 Å². The van der Waals surface area contributed by atoms with Crippen molar-refractivity contribution >= 4 is 17.4 Å². The molecule has 0 aliphatic carbocycles. The van der Waals surface area contributed by atoms with Crippen LogP contribution in [0.25, 0.3) is 0 Å². The van der Waals surface area contributed by atoms with Crippen molar-refractivity contribution in [3.05, 3.63) is 46.4 Å². The first kappa shape index (κ1) is 14.3. The highest BCUT2D eigenvalue weighted by Gasteiger charge is 2.09. The second kappa shape index (κ2) is 6.91. The first-order valence-corrected chi connectivity index (χ1v) is 7.12. The van der Waals surface area contributed by atoms with Gasteiger partial charge in [0.1, 0.15) is 5.75 Å². The van der Waals surface area contributed by atoms with E-state index in [1.165, 1.54) is 11.3 Å². The van der Waals surface area contributed by atoms with E-state index < -0.39 is 0 Å². The lowest BCUT2D eigenvalue weighted by Crippen LogP contribution is -2.36. The van der Waals surface area contributed by atoms with E-state index in [9.17, 15) is 4.79 Å². The van der Waals surface area contributed by atoms with Gasteiger partial charge in [-0.15, -0.1) is 11.3 Å². The quantitative estimate of drug-likeness (QED) is 0.921. The van der Waals surface area contributed by atoms with Crippen molar-refractivity contribution in [1.29, 1.82) is 0 Å². The summed E-state index contributed by atoms with van der Waals surface area (Å²) in [6, 6.07) is 7.55. The Bertz CT molecular complexity index is 540. The van der Waals surface area contributed by atoms with Crippen molar-refractivity contribution in [3.63, 3.8) is 0 Å². The zero-order valence-electron chi connectivity index (χ0n) is 11.5. The number of thiazole rings is 1. The number of carbonyl (C=O) groups is 1. The number of nitrogens with one attached hydrogen (secondary N) is 1. The lowest BCUT2D eigenvalue weighted by molar-refractivity contribution is 0.206. The van der Waals surface area contributed by atoms with Crippen LogP contribution < -0.4 is 10.1 Å². The molecule has 1 heterocycles. The van der Waals surface area contributed by atoms with Crippen molar-refractivity contribution in [1.82, 2.24) is 15.2 Å². The Labute approximate surface area is 122 Å². The molecule has 5 nitrogen and oxygen atoms in total. The van der Waals surface area contributed by atoms with Crippen molar-refractivity contribution in [2.24, 2.45) is 0 Å². The van der Waals surface area contributed by atoms with Crippen LogP contribution in [0.2, 0.25) is 0 Å². The molecular formula is C14H17N3O2S. The summed E-state index contributed by atoms with van der Waals surface area (Å²) in [6.45, 7) is 1.00. The number of aromatic nitrogens is 1. The smallest absolute Gasteiger partial charge is 0.317 e. The van der Waals surface area contributed by atoms with Crippen molar-refractivity contribution in [2.75, 3.05) is 14.2 Å². The van der Waals surface area contributed by atoms with Gasteiger partial charge in [-0.2, -0.15) is 0 Å². The Morgan fingerprint density at radius 3 is 2.75 bits per heavy atom. The molecule has 0 radical (unpaired) electrons. The van der Waals surface area contributed by atoms with E-state index in [0.29, 0.717) is 13.1 Å². The molecule has 1 aromatic heterocycles. The normalized spacial score (nSPS) is 10.1. The van der Waals surface area contributed by atoms with Gasteiger partial charge < -0.3 is 15.0 Å². The second-order valence-corrected chi connectivity index (χ2v) is 5.06. The van der Waals surface area contributed by atoms with E-state index in [0.717, 1.165) is 17.0 Å². The fraction of sp³-hybridized carbons (Fsp3) is 0.286. The van der Waals surface area contributed by atoms with Crippen molar-refractivity contribution in [3.8, 4) is 5.75 Å². The number of urea groups is 1. The molecule has 20 heavy (non-hydrogen) atoms. The Hall–Kier alpha value is -2.08. The Morgan fingerprint density at radius 2 is 2.15 bits per heavy atom. The zero-order chi connectivity index (χ0) is 14.4. The Morgan fingerprint density at radius 1 is 1.40 bits per heavy atom. The highest BCUT2D eigenvalue weighted by atomic mass is 32.1. The molecule has 2 aromatic rings. The van der Waals surface area contributed by atoms with Gasteiger partial charge in [0, 0.05) is 19.0 Å². The van der Waals surface area contributed by atoms with Crippen LogP contribution in [0.15, 0.2) is 35.2 Å². The summed E-state index contributed by atoms with van der Waals surface area (Å²) in [4.78, 5) is 17.7. The van der Waals surface area contributed by atoms with Gasteiger partial charge in [0.25, 0.3) is 0 Å². The SMILES string of the molecule is COc1ccc(CN(C)C(=O)NCc2cscn2)cc1. The molecule has 0 unspecified atom stereocenters. The minimum Gasteiger partial charge on any atom is -0.497 e. The highest BCUT2D eigenvalue weighted by Crippen LogP contribution is 2.12. The molecule has 0 saturated heterocycles. The highest BCUT2D eigenvalue weighted by molar-refractivity contribution is 7.07. The van der Waals surface area contributed by atoms with Crippen LogP contribution >= 0.6 is 11.3 Å². The number of rotatable bonds is 5. The van der Waals surface area contributed by atoms with Gasteiger partial charge in [0.05, 0.1) is 24.9 Å². The number of carbonyl (C=O) groups excluding carboxylic acids is 1. The molecule has 1 aromatic carbocycles. The van der Waals surface area contributed by atoms with Crippen LogP contribution in [0.3, 0.4) is 0 Å². The number of ether oxygens (including phenoxy) is 1. The van der Waals surface area contributed by atoms with Gasteiger partial charge in [-0.1, -0.05) is 12.1 Å². The van der Waals surface area contributed by atoms with Gasteiger partial charge in [0.15, 0.2) is 0 Å². The van der Waals surface area contributed by atoms with Gasteiger partial charge in [0.2, 0.25) is 0 Å². The van der Waals surface area contributed by atoms with E-state index >= 15 is 0 Å². The first-order valence-electron chi connectivity index (χ1n) is 6.18. The average Bonchev–Trinajstić information content (AvgIpc) is 2.98. The predicted octanol–water partition coefficient (Wildman–Crippen LogP) is 2.49. The fourth-order valence-corrected chi connectivity index (χ4v) is 2.26. The van der Waals surface area contributed by atoms with Crippen LogP contribution in [-0.4, -0.2) is 30.1 Å². The summed E-state index contributed by atoms with van der Waals surface area (Å²) in [5, 5.41) is 4.75. The number of amides is 2. The topological polar surface area (TPSA) is 54.5 Å². The molecule has 0 spiro atoms. The lowest BCUT2D eigenvalue weighted by atomic mass is 10.2. The maximum atomic E-state index is 11.9. The number of hydrogen-bond acceptors (Lipinski definition) is 4. The largest absolute Gasteiger partial charge is 0.497 e. The third-order valence-corrected chi connectivity index (χ3v) is 3.46. The number of benzene rings is 1. The van der Waals surface area contributed by atoms with Gasteiger partial charge in [-0.05, 0) is 17.7 Å². The Kier molecular flexibility index (Phi) is 4.95. The molecule has 0 aliphatic heterocycles. The summed E-state index contributed by atoms with van der Waals surface area (Å²) in [6.07, 6.45) is 0. The molecule has 0 saturated carbocycles. The monoisotopic (exact) mass is 291 g/mol. The molecular weight excluding hydrogens is 274 g/mol. The molecule has 0 bridgehead atoms. The lowest BCUT2D eigenvalue weighted by Gasteiger charge is -2.17. The van der Waals surface area contributed by atoms with Gasteiger partial charge in [-0.3, -0.25) is 0 Å². The fourth-order valence-electron chi connectivity index (χ4n) is 1.70. The maximum absolute atomic E-state index is 11.9. The number of nitrogens with zero attached hydrogens (tertiary/aromatic N) is 2.